The molecular weight excluding hydrogens is 266 g/mol. The Labute approximate surface area is 125 Å². The smallest absolute Gasteiger partial charge is 0.321 e. The quantitative estimate of drug-likeness (QED) is 0.895. The average molecular weight is 289 g/mol. The largest absolute Gasteiger partial charge is 0.480 e. The van der Waals surface area contributed by atoms with Gasteiger partial charge in [0.25, 0.3) is 0 Å². The Bertz CT molecular complexity index is 523. The summed E-state index contributed by atoms with van der Waals surface area (Å²) in [5, 5.41) is 20.3. The Morgan fingerprint density at radius 3 is 2.52 bits per heavy atom. The van der Waals surface area contributed by atoms with Crippen molar-refractivity contribution in [1.29, 1.82) is 0 Å². The van der Waals surface area contributed by atoms with Crippen LogP contribution in [0, 0.1) is 0 Å². The van der Waals surface area contributed by atoms with Crippen molar-refractivity contribution < 1.29 is 15.0 Å². The van der Waals surface area contributed by atoms with Crippen LogP contribution in [0.4, 0.5) is 0 Å². The first-order chi connectivity index (χ1) is 10.1. The van der Waals surface area contributed by atoms with Crippen LogP contribution in [0.3, 0.4) is 0 Å². The first-order valence-electron chi connectivity index (χ1n) is 7.83. The van der Waals surface area contributed by atoms with Gasteiger partial charge in [0.15, 0.2) is 0 Å². The zero-order valence-corrected chi connectivity index (χ0v) is 12.3. The molecule has 0 bridgehead atoms. The minimum atomic E-state index is -0.788. The lowest BCUT2D eigenvalue weighted by atomic mass is 9.83. The summed E-state index contributed by atoms with van der Waals surface area (Å²) in [6.07, 6.45) is 5.36. The molecule has 1 fully saturated rings. The Balaban J connectivity index is 1.80. The van der Waals surface area contributed by atoms with E-state index < -0.39 is 17.6 Å². The summed E-state index contributed by atoms with van der Waals surface area (Å²) in [6, 6.07) is 7.50. The van der Waals surface area contributed by atoms with Crippen LogP contribution < -0.4 is 0 Å². The van der Waals surface area contributed by atoms with E-state index in [1.807, 2.05) is 23.1 Å². The predicted octanol–water partition coefficient (Wildman–Crippen LogP) is 2.19. The van der Waals surface area contributed by atoms with Crippen LogP contribution in [0.5, 0.6) is 0 Å². The summed E-state index contributed by atoms with van der Waals surface area (Å²) in [4.78, 5) is 13.6. The molecule has 2 aliphatic rings. The number of carbonyl (C=O) groups is 1. The van der Waals surface area contributed by atoms with Crippen LogP contribution in [0.2, 0.25) is 0 Å². The maximum absolute atomic E-state index is 11.6. The third-order valence-electron chi connectivity index (χ3n) is 4.91. The van der Waals surface area contributed by atoms with E-state index in [0.29, 0.717) is 19.5 Å². The van der Waals surface area contributed by atoms with Crippen molar-refractivity contribution in [2.24, 2.45) is 0 Å². The zero-order valence-electron chi connectivity index (χ0n) is 12.3. The number of fused-ring (bicyclic) bond motifs is 1. The molecule has 4 heteroatoms. The number of rotatable bonds is 3. The molecule has 1 heterocycles. The number of aliphatic carboxylic acids is 1. The van der Waals surface area contributed by atoms with E-state index in [2.05, 4.69) is 6.07 Å². The summed E-state index contributed by atoms with van der Waals surface area (Å²) in [6.45, 7) is 1.09. The highest BCUT2D eigenvalue weighted by atomic mass is 16.4. The van der Waals surface area contributed by atoms with E-state index in [-0.39, 0.29) is 0 Å². The van der Waals surface area contributed by atoms with Crippen molar-refractivity contribution in [3.05, 3.63) is 35.4 Å². The second-order valence-corrected chi connectivity index (χ2v) is 6.52. The second-order valence-electron chi connectivity index (χ2n) is 6.52. The van der Waals surface area contributed by atoms with Gasteiger partial charge in [-0.2, -0.15) is 0 Å². The Hall–Kier alpha value is -1.39. The van der Waals surface area contributed by atoms with E-state index in [4.69, 9.17) is 0 Å². The Morgan fingerprint density at radius 1 is 1.19 bits per heavy atom. The van der Waals surface area contributed by atoms with Crippen molar-refractivity contribution in [3.63, 3.8) is 0 Å². The molecule has 1 aliphatic heterocycles. The van der Waals surface area contributed by atoms with Crippen LogP contribution in [0.15, 0.2) is 24.3 Å². The summed E-state index contributed by atoms with van der Waals surface area (Å²) < 4.78 is 0. The lowest BCUT2D eigenvalue weighted by molar-refractivity contribution is -0.146. The van der Waals surface area contributed by atoms with Crippen molar-refractivity contribution in [1.82, 2.24) is 4.90 Å². The van der Waals surface area contributed by atoms with Gasteiger partial charge < -0.3 is 10.2 Å². The summed E-state index contributed by atoms with van der Waals surface area (Å²) in [7, 11) is 0. The van der Waals surface area contributed by atoms with E-state index in [1.54, 1.807) is 0 Å². The van der Waals surface area contributed by atoms with Crippen LogP contribution >= 0.6 is 0 Å². The second kappa shape index (κ2) is 5.78. The standard InChI is InChI=1S/C17H23NO3/c19-16(20)15-10-13-6-2-3-7-14(13)11-18(15)12-17(21)8-4-1-5-9-17/h2-3,6-7,15,21H,1,4-5,8-12H2,(H,19,20)/t15-/m0/s1. The van der Waals surface area contributed by atoms with Crippen LogP contribution in [0.25, 0.3) is 0 Å². The minimum absolute atomic E-state index is 0.471. The molecule has 1 aromatic rings. The number of benzene rings is 1. The van der Waals surface area contributed by atoms with Crippen LogP contribution in [0.1, 0.15) is 43.2 Å². The van der Waals surface area contributed by atoms with Gasteiger partial charge in [-0.3, -0.25) is 9.69 Å². The Kier molecular flexibility index (Phi) is 4.00. The van der Waals surface area contributed by atoms with E-state index in [0.717, 1.165) is 31.2 Å². The highest BCUT2D eigenvalue weighted by molar-refractivity contribution is 5.74. The number of aliphatic hydroxyl groups is 1. The number of hydrogen-bond acceptors (Lipinski definition) is 3. The summed E-state index contributed by atoms with van der Waals surface area (Å²) in [5.41, 5.74) is 1.60. The van der Waals surface area contributed by atoms with Crippen molar-refractivity contribution >= 4 is 5.97 Å². The third-order valence-corrected chi connectivity index (χ3v) is 4.91. The highest BCUT2D eigenvalue weighted by Crippen LogP contribution is 2.32. The highest BCUT2D eigenvalue weighted by Gasteiger charge is 2.38. The normalized spacial score (nSPS) is 25.3. The SMILES string of the molecule is O=C(O)[C@@H]1Cc2ccccc2CN1CC1(O)CCCCC1. The number of β-amino-alcohol motifs (C(OH)–C–C–N with tert-alkyl or cyclic N) is 1. The first kappa shape index (κ1) is 14.5. The maximum atomic E-state index is 11.6. The Morgan fingerprint density at radius 2 is 1.86 bits per heavy atom. The molecule has 1 atom stereocenters. The first-order valence-corrected chi connectivity index (χ1v) is 7.83. The summed E-state index contributed by atoms with van der Waals surface area (Å²) in [5.74, 6) is -0.788. The molecule has 114 valence electrons. The van der Waals surface area contributed by atoms with Gasteiger partial charge in [-0.1, -0.05) is 43.5 Å². The van der Waals surface area contributed by atoms with E-state index >= 15 is 0 Å². The lowest BCUT2D eigenvalue weighted by Gasteiger charge is -2.41. The molecular formula is C17H23NO3. The van der Waals surface area contributed by atoms with Gasteiger partial charge in [0.2, 0.25) is 0 Å². The van der Waals surface area contributed by atoms with Crippen molar-refractivity contribution in [2.75, 3.05) is 6.54 Å². The minimum Gasteiger partial charge on any atom is -0.480 e. The molecule has 0 aromatic heterocycles. The fraction of sp³-hybridized carbons (Fsp3) is 0.588. The molecule has 1 aliphatic carbocycles. The molecule has 0 spiro atoms. The molecule has 4 nitrogen and oxygen atoms in total. The fourth-order valence-electron chi connectivity index (χ4n) is 3.73. The topological polar surface area (TPSA) is 60.8 Å². The molecule has 1 saturated carbocycles. The molecule has 1 aromatic carbocycles. The molecule has 3 rings (SSSR count). The van der Waals surface area contributed by atoms with Crippen molar-refractivity contribution in [2.45, 2.75) is 56.7 Å². The maximum Gasteiger partial charge on any atom is 0.321 e. The van der Waals surface area contributed by atoms with Crippen molar-refractivity contribution in [3.8, 4) is 0 Å². The number of hydrogen-bond donors (Lipinski definition) is 2. The molecule has 0 amide bonds. The summed E-state index contributed by atoms with van der Waals surface area (Å²) >= 11 is 0. The van der Waals surface area contributed by atoms with Gasteiger partial charge in [-0.05, 0) is 30.4 Å². The van der Waals surface area contributed by atoms with Crippen LogP contribution in [-0.4, -0.2) is 39.3 Å². The van der Waals surface area contributed by atoms with E-state index in [1.165, 1.54) is 12.0 Å². The van der Waals surface area contributed by atoms with Gasteiger partial charge in [0, 0.05) is 13.1 Å². The predicted molar refractivity (Wildman–Crippen MR) is 80.0 cm³/mol. The monoisotopic (exact) mass is 289 g/mol. The van der Waals surface area contributed by atoms with Crippen LogP contribution in [-0.2, 0) is 17.8 Å². The number of nitrogens with zero attached hydrogens (tertiary/aromatic N) is 1. The number of carboxylic acid groups (broad SMARTS) is 1. The average Bonchev–Trinajstić information content (AvgIpc) is 2.46. The van der Waals surface area contributed by atoms with E-state index in [9.17, 15) is 15.0 Å². The van der Waals surface area contributed by atoms with Gasteiger partial charge in [-0.15, -0.1) is 0 Å². The van der Waals surface area contributed by atoms with Gasteiger partial charge in [0.05, 0.1) is 5.60 Å². The number of carboxylic acids is 1. The molecule has 0 saturated heterocycles. The molecule has 0 radical (unpaired) electrons. The van der Waals surface area contributed by atoms with Gasteiger partial charge >= 0.3 is 5.97 Å². The fourth-order valence-corrected chi connectivity index (χ4v) is 3.73. The molecule has 2 N–H and O–H groups in total. The molecule has 21 heavy (non-hydrogen) atoms. The van der Waals surface area contributed by atoms with Gasteiger partial charge in [-0.25, -0.2) is 0 Å². The lowest BCUT2D eigenvalue weighted by Crippen LogP contribution is -2.52. The molecule has 0 unspecified atom stereocenters. The third kappa shape index (κ3) is 3.11. The zero-order chi connectivity index (χ0) is 14.9. The van der Waals surface area contributed by atoms with Gasteiger partial charge in [0.1, 0.15) is 6.04 Å².